The number of rotatable bonds is 6. The predicted molar refractivity (Wildman–Crippen MR) is 86.4 cm³/mol. The normalized spacial score (nSPS) is 16.1. The van der Waals surface area contributed by atoms with Crippen LogP contribution >= 0.6 is 23.7 Å². The van der Waals surface area contributed by atoms with Crippen molar-refractivity contribution in [3.05, 3.63) is 21.9 Å². The maximum absolute atomic E-state index is 11.7. The van der Waals surface area contributed by atoms with E-state index < -0.39 is 0 Å². The minimum atomic E-state index is -0.352. The van der Waals surface area contributed by atoms with Gasteiger partial charge in [-0.25, -0.2) is 0 Å². The number of carbonyl (C=O) groups is 1. The second-order valence-corrected chi connectivity index (χ2v) is 6.08. The van der Waals surface area contributed by atoms with Crippen LogP contribution in [0.25, 0.3) is 0 Å². The van der Waals surface area contributed by atoms with Gasteiger partial charge in [-0.1, -0.05) is 13.3 Å². The Hall–Kier alpha value is -0.620. The van der Waals surface area contributed by atoms with E-state index in [1.807, 2.05) is 18.3 Å². The molecule has 0 bridgehead atoms. The molecule has 0 saturated heterocycles. The molecule has 0 spiro atoms. The van der Waals surface area contributed by atoms with Gasteiger partial charge in [0.2, 0.25) is 5.91 Å². The van der Waals surface area contributed by atoms with Gasteiger partial charge in [-0.3, -0.25) is 9.69 Å². The third-order valence-corrected chi connectivity index (χ3v) is 4.57. The van der Waals surface area contributed by atoms with Crippen molar-refractivity contribution in [1.82, 2.24) is 10.2 Å². The number of amides is 1. The number of hydrogen-bond donors (Lipinski definition) is 2. The van der Waals surface area contributed by atoms with Crippen molar-refractivity contribution in [3.8, 4) is 0 Å². The topological polar surface area (TPSA) is 58.4 Å². The first-order valence-electron chi connectivity index (χ1n) is 7.01. The Morgan fingerprint density at radius 2 is 2.40 bits per heavy atom. The molecule has 1 aromatic heterocycles. The zero-order chi connectivity index (χ0) is 13.7. The molecular formula is C14H24ClN3OS. The highest BCUT2D eigenvalue weighted by molar-refractivity contribution is 7.10. The maximum atomic E-state index is 11.7. The molecule has 0 aliphatic carbocycles. The van der Waals surface area contributed by atoms with E-state index >= 15 is 0 Å². The first-order valence-corrected chi connectivity index (χ1v) is 7.89. The molecule has 0 radical (unpaired) electrons. The molecule has 1 aliphatic heterocycles. The third-order valence-electron chi connectivity index (χ3n) is 3.55. The fourth-order valence-electron chi connectivity index (χ4n) is 2.41. The Morgan fingerprint density at radius 1 is 1.60 bits per heavy atom. The van der Waals surface area contributed by atoms with Gasteiger partial charge in [-0.2, -0.15) is 0 Å². The molecule has 4 nitrogen and oxygen atoms in total. The van der Waals surface area contributed by atoms with E-state index in [1.165, 1.54) is 10.4 Å². The van der Waals surface area contributed by atoms with Crippen LogP contribution in [0.4, 0.5) is 0 Å². The van der Waals surface area contributed by atoms with Crippen LogP contribution in [0.1, 0.15) is 30.2 Å². The first-order chi connectivity index (χ1) is 9.20. The van der Waals surface area contributed by atoms with E-state index in [0.717, 1.165) is 38.9 Å². The molecular weight excluding hydrogens is 294 g/mol. The Bertz CT molecular complexity index is 424. The molecule has 114 valence electrons. The number of thiophene rings is 1. The lowest BCUT2D eigenvalue weighted by molar-refractivity contribution is -0.122. The van der Waals surface area contributed by atoms with Gasteiger partial charge in [-0.05, 0) is 29.9 Å². The molecule has 3 N–H and O–H groups in total. The van der Waals surface area contributed by atoms with E-state index in [4.69, 9.17) is 5.73 Å². The van der Waals surface area contributed by atoms with E-state index in [-0.39, 0.29) is 24.4 Å². The molecule has 0 saturated carbocycles. The molecule has 1 aromatic rings. The molecule has 1 amide bonds. The number of nitrogens with two attached hydrogens (primary N) is 1. The van der Waals surface area contributed by atoms with Crippen molar-refractivity contribution in [2.75, 3.05) is 19.6 Å². The zero-order valence-electron chi connectivity index (χ0n) is 11.9. The van der Waals surface area contributed by atoms with E-state index in [0.29, 0.717) is 6.54 Å². The van der Waals surface area contributed by atoms with Crippen LogP contribution in [-0.2, 0) is 17.8 Å². The monoisotopic (exact) mass is 317 g/mol. The summed E-state index contributed by atoms with van der Waals surface area (Å²) < 4.78 is 0. The number of fused-ring (bicyclic) bond motifs is 1. The molecule has 20 heavy (non-hydrogen) atoms. The largest absolute Gasteiger partial charge is 0.353 e. The van der Waals surface area contributed by atoms with Crippen molar-refractivity contribution >= 4 is 29.7 Å². The van der Waals surface area contributed by atoms with Gasteiger partial charge in [0.15, 0.2) is 0 Å². The van der Waals surface area contributed by atoms with Gasteiger partial charge in [0.05, 0.1) is 6.04 Å². The van der Waals surface area contributed by atoms with Gasteiger partial charge >= 0.3 is 0 Å². The van der Waals surface area contributed by atoms with Crippen LogP contribution < -0.4 is 11.1 Å². The molecule has 1 aliphatic rings. The SMILES string of the molecule is CCCC(N)C(=O)NCCN1CCc2sccc2C1.Cl. The minimum absolute atomic E-state index is 0. The molecule has 0 aromatic carbocycles. The first kappa shape index (κ1) is 17.4. The van der Waals surface area contributed by atoms with Crippen molar-refractivity contribution in [2.24, 2.45) is 5.73 Å². The molecule has 1 unspecified atom stereocenters. The van der Waals surface area contributed by atoms with Crippen molar-refractivity contribution in [1.29, 1.82) is 0 Å². The quantitative estimate of drug-likeness (QED) is 0.840. The summed E-state index contributed by atoms with van der Waals surface area (Å²) in [5, 5.41) is 5.10. The van der Waals surface area contributed by atoms with E-state index in [2.05, 4.69) is 21.7 Å². The summed E-state index contributed by atoms with van der Waals surface area (Å²) in [6.07, 6.45) is 2.84. The summed E-state index contributed by atoms with van der Waals surface area (Å²) in [4.78, 5) is 15.6. The van der Waals surface area contributed by atoms with Crippen molar-refractivity contribution < 1.29 is 4.79 Å². The van der Waals surface area contributed by atoms with Gasteiger partial charge < -0.3 is 11.1 Å². The Kier molecular flexibility index (Phi) is 7.51. The number of carbonyl (C=O) groups excluding carboxylic acids is 1. The van der Waals surface area contributed by atoms with E-state index in [9.17, 15) is 4.79 Å². The van der Waals surface area contributed by atoms with Crippen LogP contribution in [0, 0.1) is 0 Å². The van der Waals surface area contributed by atoms with Gasteiger partial charge in [-0.15, -0.1) is 23.7 Å². The van der Waals surface area contributed by atoms with Gasteiger partial charge in [0, 0.05) is 31.1 Å². The van der Waals surface area contributed by atoms with Crippen LogP contribution in [-0.4, -0.2) is 36.5 Å². The standard InChI is InChI=1S/C14H23N3OS.ClH/c1-2-3-12(15)14(18)16-6-8-17-7-4-13-11(10-17)5-9-19-13;/h5,9,12H,2-4,6-8,10,15H2,1H3,(H,16,18);1H. The number of hydrogen-bond acceptors (Lipinski definition) is 4. The molecule has 0 fully saturated rings. The number of nitrogens with zero attached hydrogens (tertiary/aromatic N) is 1. The Labute approximate surface area is 131 Å². The number of halogens is 1. The summed E-state index contributed by atoms with van der Waals surface area (Å²) >= 11 is 1.85. The van der Waals surface area contributed by atoms with Crippen LogP contribution in [0.2, 0.25) is 0 Å². The van der Waals surface area contributed by atoms with Gasteiger partial charge in [0.25, 0.3) is 0 Å². The molecule has 2 rings (SSSR count). The summed E-state index contributed by atoms with van der Waals surface area (Å²) in [5.74, 6) is -0.0184. The predicted octanol–water partition coefficient (Wildman–Crippen LogP) is 1.77. The van der Waals surface area contributed by atoms with E-state index in [1.54, 1.807) is 0 Å². The second kappa shape index (κ2) is 8.62. The summed E-state index contributed by atoms with van der Waals surface area (Å²) in [6.45, 7) is 5.73. The Morgan fingerprint density at radius 3 is 3.15 bits per heavy atom. The highest BCUT2D eigenvalue weighted by Crippen LogP contribution is 2.23. The number of nitrogens with one attached hydrogen (secondary N) is 1. The molecule has 6 heteroatoms. The van der Waals surface area contributed by atoms with Gasteiger partial charge in [0.1, 0.15) is 0 Å². The second-order valence-electron chi connectivity index (χ2n) is 5.08. The van der Waals surface area contributed by atoms with Crippen LogP contribution in [0.15, 0.2) is 11.4 Å². The van der Waals surface area contributed by atoms with Crippen LogP contribution in [0.3, 0.4) is 0 Å². The highest BCUT2D eigenvalue weighted by atomic mass is 35.5. The third kappa shape index (κ3) is 4.74. The lowest BCUT2D eigenvalue weighted by atomic mass is 10.1. The van der Waals surface area contributed by atoms with Crippen molar-refractivity contribution in [3.63, 3.8) is 0 Å². The lowest BCUT2D eigenvalue weighted by Crippen LogP contribution is -2.44. The lowest BCUT2D eigenvalue weighted by Gasteiger charge is -2.26. The van der Waals surface area contributed by atoms with Crippen LogP contribution in [0.5, 0.6) is 0 Å². The minimum Gasteiger partial charge on any atom is -0.353 e. The molecule has 2 heterocycles. The Balaban J connectivity index is 0.00000200. The average Bonchev–Trinajstić information content (AvgIpc) is 2.86. The zero-order valence-corrected chi connectivity index (χ0v) is 13.6. The average molecular weight is 318 g/mol. The fraction of sp³-hybridized carbons (Fsp3) is 0.643. The smallest absolute Gasteiger partial charge is 0.236 e. The maximum Gasteiger partial charge on any atom is 0.236 e. The summed E-state index contributed by atoms with van der Waals surface area (Å²) in [5.41, 5.74) is 7.22. The van der Waals surface area contributed by atoms with Crippen molar-refractivity contribution in [2.45, 2.75) is 38.8 Å². The molecule has 1 atom stereocenters. The summed E-state index contributed by atoms with van der Waals surface area (Å²) in [7, 11) is 0. The highest BCUT2D eigenvalue weighted by Gasteiger charge is 2.17. The fourth-order valence-corrected chi connectivity index (χ4v) is 3.30. The summed E-state index contributed by atoms with van der Waals surface area (Å²) in [6, 6.07) is 1.86.